The van der Waals surface area contributed by atoms with E-state index in [1.807, 2.05) is 0 Å². The zero-order chi connectivity index (χ0) is 13.7. The lowest BCUT2D eigenvalue weighted by Gasteiger charge is -2.22. The van der Waals surface area contributed by atoms with Crippen molar-refractivity contribution in [1.29, 1.82) is 0 Å². The maximum Gasteiger partial charge on any atom is 0.233 e. The Labute approximate surface area is 113 Å². The van der Waals surface area contributed by atoms with E-state index >= 15 is 0 Å². The van der Waals surface area contributed by atoms with Gasteiger partial charge >= 0.3 is 0 Å². The average molecular weight is 285 g/mol. The summed E-state index contributed by atoms with van der Waals surface area (Å²) in [4.78, 5) is 3.97. The van der Waals surface area contributed by atoms with Crippen LogP contribution in [0, 0.1) is 5.92 Å². The molecule has 2 N–H and O–H groups in total. The molecule has 19 heavy (non-hydrogen) atoms. The second kappa shape index (κ2) is 6.21. The summed E-state index contributed by atoms with van der Waals surface area (Å²) in [7, 11) is -1.81. The molecule has 7 heteroatoms. The fraction of sp³-hybridized carbons (Fsp3) is 0.583. The van der Waals surface area contributed by atoms with Crippen molar-refractivity contribution in [2.45, 2.75) is 12.8 Å². The van der Waals surface area contributed by atoms with Crippen LogP contribution in [-0.4, -0.2) is 39.4 Å². The molecule has 1 atom stereocenters. The first kappa shape index (κ1) is 14.1. The summed E-state index contributed by atoms with van der Waals surface area (Å²) in [6.45, 7) is 1.74. The van der Waals surface area contributed by atoms with Crippen molar-refractivity contribution in [1.82, 2.24) is 10.3 Å². The minimum atomic E-state index is -3.32. The number of anilines is 1. The van der Waals surface area contributed by atoms with Crippen molar-refractivity contribution >= 4 is 15.7 Å². The molecule has 0 amide bonds. The third-order valence-electron chi connectivity index (χ3n) is 3.07. The molecule has 1 saturated heterocycles. The molecule has 1 aliphatic heterocycles. The molecule has 0 saturated carbocycles. The first-order valence-corrected chi connectivity index (χ1v) is 7.95. The highest BCUT2D eigenvalue weighted by atomic mass is 32.2. The number of nitrogens with one attached hydrogen (secondary N) is 2. The van der Waals surface area contributed by atoms with Gasteiger partial charge in [0.05, 0.1) is 24.7 Å². The van der Waals surface area contributed by atoms with Crippen LogP contribution in [0.15, 0.2) is 18.3 Å². The highest BCUT2D eigenvalue weighted by Gasteiger charge is 2.21. The standard InChI is InChI=1S/C12H19N3O3S/c1-18-12-5-4-11(8-14-12)15-19(16,17)9-10-3-2-6-13-7-10/h4-5,8,10,13,15H,2-3,6-7,9H2,1H3. The lowest BCUT2D eigenvalue weighted by atomic mass is 10.0. The number of hydrogen-bond donors (Lipinski definition) is 2. The number of rotatable bonds is 5. The fourth-order valence-electron chi connectivity index (χ4n) is 2.16. The Morgan fingerprint density at radius 1 is 1.53 bits per heavy atom. The molecule has 0 bridgehead atoms. The average Bonchev–Trinajstić information content (AvgIpc) is 2.39. The van der Waals surface area contributed by atoms with Gasteiger partial charge in [0.1, 0.15) is 0 Å². The Bertz CT molecular complexity index is 495. The van der Waals surface area contributed by atoms with Gasteiger partial charge in [0, 0.05) is 6.07 Å². The molecule has 2 heterocycles. The van der Waals surface area contributed by atoms with E-state index in [0.717, 1.165) is 25.9 Å². The van der Waals surface area contributed by atoms with Crippen LogP contribution in [0.25, 0.3) is 0 Å². The van der Waals surface area contributed by atoms with Crippen molar-refractivity contribution in [3.05, 3.63) is 18.3 Å². The van der Waals surface area contributed by atoms with Gasteiger partial charge in [-0.25, -0.2) is 13.4 Å². The normalized spacial score (nSPS) is 19.9. The van der Waals surface area contributed by atoms with Crippen LogP contribution in [0.1, 0.15) is 12.8 Å². The molecular weight excluding hydrogens is 266 g/mol. The summed E-state index contributed by atoms with van der Waals surface area (Å²) < 4.78 is 31.5. The molecule has 6 nitrogen and oxygen atoms in total. The lowest BCUT2D eigenvalue weighted by molar-refractivity contribution is 0.398. The number of ether oxygens (including phenoxy) is 1. The highest BCUT2D eigenvalue weighted by molar-refractivity contribution is 7.92. The van der Waals surface area contributed by atoms with Crippen LogP contribution in [-0.2, 0) is 10.0 Å². The van der Waals surface area contributed by atoms with Crippen LogP contribution in [0.2, 0.25) is 0 Å². The zero-order valence-electron chi connectivity index (χ0n) is 10.9. The van der Waals surface area contributed by atoms with E-state index in [1.165, 1.54) is 13.3 Å². The van der Waals surface area contributed by atoms with Gasteiger partial charge in [-0.3, -0.25) is 4.72 Å². The molecule has 1 aromatic rings. The van der Waals surface area contributed by atoms with Gasteiger partial charge in [-0.2, -0.15) is 0 Å². The maximum atomic E-state index is 12.0. The molecule has 0 radical (unpaired) electrons. The molecule has 106 valence electrons. The number of nitrogens with zero attached hydrogens (tertiary/aromatic N) is 1. The van der Waals surface area contributed by atoms with E-state index in [1.54, 1.807) is 12.1 Å². The largest absolute Gasteiger partial charge is 0.481 e. The second-order valence-electron chi connectivity index (χ2n) is 4.69. The smallest absolute Gasteiger partial charge is 0.233 e. The molecular formula is C12H19N3O3S. The number of sulfonamides is 1. The highest BCUT2D eigenvalue weighted by Crippen LogP contribution is 2.16. The molecule has 0 aromatic carbocycles. The van der Waals surface area contributed by atoms with Crippen molar-refractivity contribution in [2.75, 3.05) is 30.7 Å². The van der Waals surface area contributed by atoms with Crippen LogP contribution in [0.3, 0.4) is 0 Å². The SMILES string of the molecule is COc1ccc(NS(=O)(=O)CC2CCCNC2)cn1. The molecule has 1 aliphatic rings. The molecule has 1 unspecified atom stereocenters. The molecule has 2 rings (SSSR count). The van der Waals surface area contributed by atoms with E-state index in [-0.39, 0.29) is 11.7 Å². The Balaban J connectivity index is 1.95. The summed E-state index contributed by atoms with van der Waals surface area (Å²) in [6, 6.07) is 3.27. The van der Waals surface area contributed by atoms with Crippen LogP contribution in [0.4, 0.5) is 5.69 Å². The fourth-order valence-corrected chi connectivity index (χ4v) is 3.63. The third-order valence-corrected chi connectivity index (χ3v) is 4.53. The molecule has 0 aliphatic carbocycles. The van der Waals surface area contributed by atoms with E-state index in [4.69, 9.17) is 4.74 Å². The van der Waals surface area contributed by atoms with E-state index < -0.39 is 10.0 Å². The Kier molecular flexibility index (Phi) is 4.60. The summed E-state index contributed by atoms with van der Waals surface area (Å²) in [6.07, 6.45) is 3.44. The van der Waals surface area contributed by atoms with Gasteiger partial charge in [-0.1, -0.05) is 0 Å². The molecule has 1 fully saturated rings. The van der Waals surface area contributed by atoms with E-state index in [2.05, 4.69) is 15.0 Å². The van der Waals surface area contributed by atoms with E-state index in [0.29, 0.717) is 11.6 Å². The molecule has 1 aromatic heterocycles. The van der Waals surface area contributed by atoms with Gasteiger partial charge in [-0.05, 0) is 37.9 Å². The first-order valence-electron chi connectivity index (χ1n) is 6.30. The predicted molar refractivity (Wildman–Crippen MR) is 73.8 cm³/mol. The maximum absolute atomic E-state index is 12.0. The number of pyridine rings is 1. The third kappa shape index (κ3) is 4.36. The minimum Gasteiger partial charge on any atom is -0.481 e. The number of piperidine rings is 1. The van der Waals surface area contributed by atoms with Crippen molar-refractivity contribution < 1.29 is 13.2 Å². The Hall–Kier alpha value is -1.34. The summed E-state index contributed by atoms with van der Waals surface area (Å²) in [5.41, 5.74) is 0.463. The monoisotopic (exact) mass is 285 g/mol. The predicted octanol–water partition coefficient (Wildman–Crippen LogP) is 0.831. The number of hydrogen-bond acceptors (Lipinski definition) is 5. The number of aromatic nitrogens is 1. The van der Waals surface area contributed by atoms with Crippen LogP contribution in [0.5, 0.6) is 5.88 Å². The van der Waals surface area contributed by atoms with Crippen molar-refractivity contribution in [3.63, 3.8) is 0 Å². The molecule has 0 spiro atoms. The van der Waals surface area contributed by atoms with Crippen LogP contribution < -0.4 is 14.8 Å². The van der Waals surface area contributed by atoms with Gasteiger partial charge in [0.15, 0.2) is 0 Å². The van der Waals surface area contributed by atoms with Gasteiger partial charge in [0.2, 0.25) is 15.9 Å². The zero-order valence-corrected chi connectivity index (χ0v) is 11.7. The summed E-state index contributed by atoms with van der Waals surface area (Å²) >= 11 is 0. The minimum absolute atomic E-state index is 0.145. The van der Waals surface area contributed by atoms with Gasteiger partial charge < -0.3 is 10.1 Å². The van der Waals surface area contributed by atoms with Gasteiger partial charge in [0.25, 0.3) is 0 Å². The van der Waals surface area contributed by atoms with Crippen LogP contribution >= 0.6 is 0 Å². The van der Waals surface area contributed by atoms with Gasteiger partial charge in [-0.15, -0.1) is 0 Å². The summed E-state index contributed by atoms with van der Waals surface area (Å²) in [5, 5.41) is 3.22. The summed E-state index contributed by atoms with van der Waals surface area (Å²) in [5.74, 6) is 0.781. The topological polar surface area (TPSA) is 80.3 Å². The Morgan fingerprint density at radius 2 is 2.37 bits per heavy atom. The number of methoxy groups -OCH3 is 1. The van der Waals surface area contributed by atoms with Crippen molar-refractivity contribution in [2.24, 2.45) is 5.92 Å². The second-order valence-corrected chi connectivity index (χ2v) is 6.45. The lowest BCUT2D eigenvalue weighted by Crippen LogP contribution is -2.35. The van der Waals surface area contributed by atoms with E-state index in [9.17, 15) is 8.42 Å². The van der Waals surface area contributed by atoms with Crippen molar-refractivity contribution in [3.8, 4) is 5.88 Å². The quantitative estimate of drug-likeness (QED) is 0.837. The Morgan fingerprint density at radius 3 is 2.95 bits per heavy atom. The first-order chi connectivity index (χ1) is 9.09.